The third kappa shape index (κ3) is 3.52. The van der Waals surface area contributed by atoms with Crippen LogP contribution in [0.15, 0.2) is 22.7 Å². The molecule has 0 aliphatic heterocycles. The number of rotatable bonds is 3. The number of ether oxygens (including phenoxy) is 1. The van der Waals surface area contributed by atoms with E-state index in [0.29, 0.717) is 23.1 Å². The maximum Gasteiger partial charge on any atom is 0.137 e. The van der Waals surface area contributed by atoms with E-state index in [2.05, 4.69) is 22.9 Å². The van der Waals surface area contributed by atoms with E-state index in [1.165, 1.54) is 25.3 Å². The lowest BCUT2D eigenvalue weighted by Crippen LogP contribution is -2.25. The van der Waals surface area contributed by atoms with Crippen LogP contribution in [-0.4, -0.2) is 6.10 Å². The second kappa shape index (κ2) is 5.96. The van der Waals surface area contributed by atoms with Gasteiger partial charge in [-0.25, -0.2) is 4.39 Å². The summed E-state index contributed by atoms with van der Waals surface area (Å²) in [6.45, 7) is 2.83. The second-order valence-corrected chi connectivity index (χ2v) is 5.71. The van der Waals surface area contributed by atoms with Crippen molar-refractivity contribution in [1.29, 1.82) is 0 Å². The molecule has 3 heteroatoms. The Labute approximate surface area is 110 Å². The zero-order valence-corrected chi connectivity index (χ0v) is 11.7. The fourth-order valence-corrected chi connectivity index (χ4v) is 2.79. The van der Waals surface area contributed by atoms with Crippen molar-refractivity contribution in [3.05, 3.63) is 34.1 Å². The fourth-order valence-electron chi connectivity index (χ4n) is 2.36. The predicted octanol–water partition coefficient (Wildman–Crippen LogP) is 4.68. The zero-order valence-electron chi connectivity index (χ0n) is 10.1. The minimum Gasteiger partial charge on any atom is -0.373 e. The van der Waals surface area contributed by atoms with E-state index in [1.54, 1.807) is 12.1 Å². The summed E-state index contributed by atoms with van der Waals surface area (Å²) in [5.41, 5.74) is 1.02. The smallest absolute Gasteiger partial charge is 0.137 e. The summed E-state index contributed by atoms with van der Waals surface area (Å²) >= 11 is 3.19. The van der Waals surface area contributed by atoms with Crippen molar-refractivity contribution in [2.24, 2.45) is 5.92 Å². The fraction of sp³-hybridized carbons (Fsp3) is 0.571. The minimum absolute atomic E-state index is 0.222. The summed E-state index contributed by atoms with van der Waals surface area (Å²) in [6.07, 6.45) is 5.37. The number of hydrogen-bond acceptors (Lipinski definition) is 1. The van der Waals surface area contributed by atoms with Gasteiger partial charge in [-0.05, 0) is 52.4 Å². The summed E-state index contributed by atoms with van der Waals surface area (Å²) in [4.78, 5) is 0. The first-order valence-corrected chi connectivity index (χ1v) is 7.01. The molecule has 0 spiro atoms. The SMILES string of the molecule is CC1CCCCC1OCc1ccc(F)c(Br)c1. The predicted molar refractivity (Wildman–Crippen MR) is 70.3 cm³/mol. The van der Waals surface area contributed by atoms with Crippen LogP contribution < -0.4 is 0 Å². The molecule has 2 atom stereocenters. The standard InChI is InChI=1S/C14H18BrFO/c1-10-4-2-3-5-14(10)17-9-11-6-7-13(16)12(15)8-11/h6-8,10,14H,2-5,9H2,1H3. The van der Waals surface area contributed by atoms with Crippen LogP contribution in [0.2, 0.25) is 0 Å². The van der Waals surface area contributed by atoms with E-state index < -0.39 is 0 Å². The molecule has 1 aliphatic carbocycles. The first-order chi connectivity index (χ1) is 8.16. The normalized spacial score (nSPS) is 24.9. The highest BCUT2D eigenvalue weighted by molar-refractivity contribution is 9.10. The largest absolute Gasteiger partial charge is 0.373 e. The van der Waals surface area contributed by atoms with Gasteiger partial charge in [-0.2, -0.15) is 0 Å². The van der Waals surface area contributed by atoms with E-state index in [0.717, 1.165) is 12.0 Å². The van der Waals surface area contributed by atoms with Crippen LogP contribution >= 0.6 is 15.9 Å². The van der Waals surface area contributed by atoms with E-state index in [4.69, 9.17) is 4.74 Å². The third-order valence-corrected chi connectivity index (χ3v) is 4.09. The Balaban J connectivity index is 1.90. The molecule has 1 nitrogen and oxygen atoms in total. The highest BCUT2D eigenvalue weighted by Gasteiger charge is 2.21. The van der Waals surface area contributed by atoms with Crippen molar-refractivity contribution in [2.75, 3.05) is 0 Å². The van der Waals surface area contributed by atoms with Gasteiger partial charge in [0.1, 0.15) is 5.82 Å². The van der Waals surface area contributed by atoms with E-state index in [-0.39, 0.29) is 5.82 Å². The molecule has 1 aromatic carbocycles. The number of hydrogen-bond donors (Lipinski definition) is 0. The molecule has 0 saturated heterocycles. The monoisotopic (exact) mass is 300 g/mol. The lowest BCUT2D eigenvalue weighted by molar-refractivity contribution is -0.0155. The Kier molecular flexibility index (Phi) is 4.57. The maximum absolute atomic E-state index is 13.1. The van der Waals surface area contributed by atoms with Crippen molar-refractivity contribution in [3.63, 3.8) is 0 Å². The van der Waals surface area contributed by atoms with Gasteiger partial charge in [0, 0.05) is 0 Å². The second-order valence-electron chi connectivity index (χ2n) is 4.86. The van der Waals surface area contributed by atoms with Crippen molar-refractivity contribution < 1.29 is 9.13 Å². The Morgan fingerprint density at radius 1 is 1.35 bits per heavy atom. The van der Waals surface area contributed by atoms with Gasteiger partial charge in [0.2, 0.25) is 0 Å². The van der Waals surface area contributed by atoms with Crippen LogP contribution in [0.5, 0.6) is 0 Å². The molecule has 17 heavy (non-hydrogen) atoms. The van der Waals surface area contributed by atoms with Gasteiger partial charge in [-0.3, -0.25) is 0 Å². The van der Waals surface area contributed by atoms with Gasteiger partial charge in [-0.15, -0.1) is 0 Å². The van der Waals surface area contributed by atoms with Crippen molar-refractivity contribution in [2.45, 2.75) is 45.3 Å². The summed E-state index contributed by atoms with van der Waals surface area (Å²) < 4.78 is 19.5. The molecule has 1 aromatic rings. The Hall–Kier alpha value is -0.410. The van der Waals surface area contributed by atoms with Crippen molar-refractivity contribution in [3.8, 4) is 0 Å². The summed E-state index contributed by atoms with van der Waals surface area (Å²) in [6, 6.07) is 5.06. The molecular formula is C14H18BrFO. The van der Waals surface area contributed by atoms with Crippen molar-refractivity contribution in [1.82, 2.24) is 0 Å². The summed E-state index contributed by atoms with van der Waals surface area (Å²) in [5, 5.41) is 0. The lowest BCUT2D eigenvalue weighted by Gasteiger charge is -2.28. The molecule has 94 valence electrons. The Bertz CT molecular complexity index is 380. The molecular weight excluding hydrogens is 283 g/mol. The molecule has 2 unspecified atom stereocenters. The van der Waals surface area contributed by atoms with Gasteiger partial charge in [0.25, 0.3) is 0 Å². The maximum atomic E-state index is 13.1. The third-order valence-electron chi connectivity index (χ3n) is 3.48. The molecule has 1 saturated carbocycles. The van der Waals surface area contributed by atoms with Gasteiger partial charge in [-0.1, -0.05) is 25.8 Å². The molecule has 0 heterocycles. The summed E-state index contributed by atoms with van der Waals surface area (Å²) in [5.74, 6) is 0.424. The Morgan fingerprint density at radius 3 is 2.82 bits per heavy atom. The summed E-state index contributed by atoms with van der Waals surface area (Å²) in [7, 11) is 0. The molecule has 0 bridgehead atoms. The minimum atomic E-state index is -0.222. The average molecular weight is 301 g/mol. The zero-order chi connectivity index (χ0) is 12.3. The van der Waals surface area contributed by atoms with E-state index in [9.17, 15) is 4.39 Å². The lowest BCUT2D eigenvalue weighted by atomic mass is 9.88. The first-order valence-electron chi connectivity index (χ1n) is 6.22. The van der Waals surface area contributed by atoms with Gasteiger partial charge in [0.15, 0.2) is 0 Å². The van der Waals surface area contributed by atoms with Crippen LogP contribution in [0.1, 0.15) is 38.2 Å². The molecule has 0 radical (unpaired) electrons. The van der Waals surface area contributed by atoms with Crippen LogP contribution in [-0.2, 0) is 11.3 Å². The quantitative estimate of drug-likeness (QED) is 0.787. The van der Waals surface area contributed by atoms with Crippen LogP contribution in [0.25, 0.3) is 0 Å². The van der Waals surface area contributed by atoms with Crippen LogP contribution in [0, 0.1) is 11.7 Å². The van der Waals surface area contributed by atoms with E-state index >= 15 is 0 Å². The molecule has 2 rings (SSSR count). The molecule has 0 amide bonds. The molecule has 0 N–H and O–H groups in total. The number of halogens is 2. The first kappa shape index (κ1) is 13.0. The topological polar surface area (TPSA) is 9.23 Å². The van der Waals surface area contributed by atoms with Gasteiger partial charge in [0.05, 0.1) is 17.2 Å². The van der Waals surface area contributed by atoms with E-state index in [1.807, 2.05) is 0 Å². The Morgan fingerprint density at radius 2 is 2.12 bits per heavy atom. The highest BCUT2D eigenvalue weighted by Crippen LogP contribution is 2.27. The van der Waals surface area contributed by atoms with Gasteiger partial charge < -0.3 is 4.74 Å². The highest BCUT2D eigenvalue weighted by atomic mass is 79.9. The van der Waals surface area contributed by atoms with Crippen molar-refractivity contribution >= 4 is 15.9 Å². The molecule has 0 aromatic heterocycles. The van der Waals surface area contributed by atoms with Crippen LogP contribution in [0.4, 0.5) is 4.39 Å². The van der Waals surface area contributed by atoms with Crippen LogP contribution in [0.3, 0.4) is 0 Å². The van der Waals surface area contributed by atoms with Gasteiger partial charge >= 0.3 is 0 Å². The average Bonchev–Trinajstić information content (AvgIpc) is 2.32. The molecule has 1 aliphatic rings. The number of benzene rings is 1. The molecule has 1 fully saturated rings.